The number of nitrogens with zero attached hydrogens (tertiary/aromatic N) is 3. The summed E-state index contributed by atoms with van der Waals surface area (Å²) in [7, 11) is 0. The van der Waals surface area contributed by atoms with Crippen molar-refractivity contribution in [1.29, 1.82) is 0 Å². The summed E-state index contributed by atoms with van der Waals surface area (Å²) in [5, 5.41) is 4.13. The van der Waals surface area contributed by atoms with Crippen molar-refractivity contribution in [2.45, 2.75) is 20.8 Å². The lowest BCUT2D eigenvalue weighted by Crippen LogP contribution is -1.87. The van der Waals surface area contributed by atoms with Gasteiger partial charge in [-0.25, -0.2) is 9.50 Å². The van der Waals surface area contributed by atoms with Crippen molar-refractivity contribution in [2.75, 3.05) is 0 Å². The van der Waals surface area contributed by atoms with E-state index in [0.717, 1.165) is 16.8 Å². The molecule has 0 fully saturated rings. The molecule has 2 aromatic rings. The van der Waals surface area contributed by atoms with Crippen molar-refractivity contribution in [3.8, 4) is 0 Å². The van der Waals surface area contributed by atoms with Gasteiger partial charge in [0.1, 0.15) is 0 Å². The number of allylic oxidation sites excluding steroid dienone is 1. The molecule has 0 aliphatic heterocycles. The third-order valence-electron chi connectivity index (χ3n) is 1.74. The molecule has 0 bridgehead atoms. The zero-order valence-electron chi connectivity index (χ0n) is 8.86. The van der Waals surface area contributed by atoms with Crippen LogP contribution in [0.3, 0.4) is 0 Å². The van der Waals surface area contributed by atoms with Crippen molar-refractivity contribution in [3.05, 3.63) is 36.8 Å². The lowest BCUT2D eigenvalue weighted by Gasteiger charge is -1.93. The minimum Gasteiger partial charge on any atom is -0.236 e. The van der Waals surface area contributed by atoms with Gasteiger partial charge >= 0.3 is 0 Å². The van der Waals surface area contributed by atoms with Crippen LogP contribution in [0, 0.1) is 0 Å². The molecule has 0 spiro atoms. The van der Waals surface area contributed by atoms with Crippen LogP contribution in [0.15, 0.2) is 31.2 Å². The second-order valence-corrected chi connectivity index (χ2v) is 2.73. The van der Waals surface area contributed by atoms with Crippen LogP contribution < -0.4 is 0 Å². The Morgan fingerprint density at radius 3 is 2.79 bits per heavy atom. The maximum Gasteiger partial charge on any atom is 0.162 e. The number of aromatic nitrogens is 3. The summed E-state index contributed by atoms with van der Waals surface area (Å²) in [6, 6.07) is 1.85. The maximum atomic E-state index is 4.20. The zero-order valence-corrected chi connectivity index (χ0v) is 8.86. The van der Waals surface area contributed by atoms with Gasteiger partial charge < -0.3 is 0 Å². The molecule has 14 heavy (non-hydrogen) atoms. The quantitative estimate of drug-likeness (QED) is 0.690. The van der Waals surface area contributed by atoms with Gasteiger partial charge in [0.2, 0.25) is 0 Å². The molecule has 0 saturated carbocycles. The predicted molar refractivity (Wildman–Crippen MR) is 59.0 cm³/mol. The molecule has 0 amide bonds. The predicted octanol–water partition coefficient (Wildman–Crippen LogP) is 2.79. The summed E-state index contributed by atoms with van der Waals surface area (Å²) in [6.07, 6.45) is 5.41. The third kappa shape index (κ3) is 1.82. The largest absolute Gasteiger partial charge is 0.236 e. The van der Waals surface area contributed by atoms with E-state index in [1.54, 1.807) is 16.9 Å². The van der Waals surface area contributed by atoms with Crippen molar-refractivity contribution >= 4 is 11.2 Å². The first-order valence-corrected chi connectivity index (χ1v) is 4.73. The highest BCUT2D eigenvalue weighted by molar-refractivity contribution is 5.72. The molecule has 3 heteroatoms. The molecule has 0 saturated heterocycles. The second-order valence-electron chi connectivity index (χ2n) is 2.73. The van der Waals surface area contributed by atoms with Gasteiger partial charge in [0.25, 0.3) is 0 Å². The Labute approximate surface area is 84.1 Å². The summed E-state index contributed by atoms with van der Waals surface area (Å²) in [5.74, 6) is 0. The lowest BCUT2D eigenvalue weighted by atomic mass is 10.2. The zero-order chi connectivity index (χ0) is 10.6. The highest BCUT2D eigenvalue weighted by Gasteiger charge is 2.03. The van der Waals surface area contributed by atoms with E-state index < -0.39 is 0 Å². The van der Waals surface area contributed by atoms with Crippen LogP contribution in [0.2, 0.25) is 0 Å². The Morgan fingerprint density at radius 1 is 1.43 bits per heavy atom. The minimum absolute atomic E-state index is 0.866. The molecule has 0 atom stereocenters. The van der Waals surface area contributed by atoms with Gasteiger partial charge in [-0.15, -0.1) is 0 Å². The number of hydrogen-bond acceptors (Lipinski definition) is 2. The fourth-order valence-corrected chi connectivity index (χ4v) is 1.13. The summed E-state index contributed by atoms with van der Waals surface area (Å²) < 4.78 is 1.74. The first-order valence-electron chi connectivity index (χ1n) is 4.73. The van der Waals surface area contributed by atoms with Gasteiger partial charge in [-0.2, -0.15) is 5.10 Å². The molecule has 3 nitrogen and oxygen atoms in total. The SMILES string of the molecule is C=C(C)c1cnn2cccnc12.CC. The topological polar surface area (TPSA) is 30.2 Å². The highest BCUT2D eigenvalue weighted by Crippen LogP contribution is 2.14. The number of fused-ring (bicyclic) bond motifs is 1. The molecule has 0 aliphatic rings. The van der Waals surface area contributed by atoms with Crippen LogP contribution in [0.1, 0.15) is 26.3 Å². The Kier molecular flexibility index (Phi) is 3.40. The summed E-state index contributed by atoms with van der Waals surface area (Å²) in [4.78, 5) is 4.20. The van der Waals surface area contributed by atoms with Gasteiger partial charge in [-0.1, -0.05) is 20.4 Å². The monoisotopic (exact) mass is 189 g/mol. The van der Waals surface area contributed by atoms with Crippen molar-refractivity contribution in [1.82, 2.24) is 14.6 Å². The van der Waals surface area contributed by atoms with Crippen LogP contribution in [-0.2, 0) is 0 Å². The van der Waals surface area contributed by atoms with Crippen molar-refractivity contribution in [2.24, 2.45) is 0 Å². The first-order chi connectivity index (χ1) is 6.79. The Morgan fingerprint density at radius 2 is 2.14 bits per heavy atom. The van der Waals surface area contributed by atoms with Gasteiger partial charge in [-0.05, 0) is 18.6 Å². The number of hydrogen-bond donors (Lipinski definition) is 0. The Bertz CT molecular complexity index is 429. The van der Waals surface area contributed by atoms with Gasteiger partial charge in [0.05, 0.1) is 6.20 Å². The molecule has 0 unspecified atom stereocenters. The van der Waals surface area contributed by atoms with Crippen LogP contribution in [0.5, 0.6) is 0 Å². The molecule has 0 aliphatic carbocycles. The van der Waals surface area contributed by atoms with Crippen LogP contribution in [0.4, 0.5) is 0 Å². The first kappa shape index (κ1) is 10.4. The average molecular weight is 189 g/mol. The highest BCUT2D eigenvalue weighted by atomic mass is 15.2. The standard InChI is InChI=1S/C9H9N3.C2H6/c1-7(2)8-6-11-12-5-3-4-10-9(8)12;1-2/h3-6H,1H2,2H3;1-2H3. The molecule has 2 heterocycles. The number of rotatable bonds is 1. The van der Waals surface area contributed by atoms with E-state index in [9.17, 15) is 0 Å². The van der Waals surface area contributed by atoms with E-state index in [4.69, 9.17) is 0 Å². The van der Waals surface area contributed by atoms with E-state index in [1.807, 2.05) is 33.0 Å². The van der Waals surface area contributed by atoms with Crippen LogP contribution in [0.25, 0.3) is 11.2 Å². The molecular formula is C11H15N3. The molecule has 0 aromatic carbocycles. The van der Waals surface area contributed by atoms with Crippen molar-refractivity contribution < 1.29 is 0 Å². The van der Waals surface area contributed by atoms with Gasteiger partial charge in [0, 0.05) is 18.0 Å². The Hall–Kier alpha value is -1.64. The van der Waals surface area contributed by atoms with E-state index in [0.29, 0.717) is 0 Å². The summed E-state index contributed by atoms with van der Waals surface area (Å²) in [6.45, 7) is 9.80. The average Bonchev–Trinajstić information content (AvgIpc) is 2.64. The van der Waals surface area contributed by atoms with E-state index in [-0.39, 0.29) is 0 Å². The van der Waals surface area contributed by atoms with Crippen LogP contribution >= 0.6 is 0 Å². The summed E-state index contributed by atoms with van der Waals surface area (Å²) in [5.41, 5.74) is 2.87. The van der Waals surface area contributed by atoms with Gasteiger partial charge in [0.15, 0.2) is 5.65 Å². The molecule has 2 aromatic heterocycles. The fraction of sp³-hybridized carbons (Fsp3) is 0.273. The second kappa shape index (κ2) is 4.56. The molecule has 0 N–H and O–H groups in total. The van der Waals surface area contributed by atoms with Crippen molar-refractivity contribution in [3.63, 3.8) is 0 Å². The summed E-state index contributed by atoms with van der Waals surface area (Å²) >= 11 is 0. The van der Waals surface area contributed by atoms with E-state index >= 15 is 0 Å². The Balaban J connectivity index is 0.000000461. The third-order valence-corrected chi connectivity index (χ3v) is 1.74. The molecule has 74 valence electrons. The fourth-order valence-electron chi connectivity index (χ4n) is 1.13. The lowest BCUT2D eigenvalue weighted by molar-refractivity contribution is 0.939. The molecule has 2 rings (SSSR count). The normalized spacial score (nSPS) is 9.36. The molecular weight excluding hydrogens is 174 g/mol. The van der Waals surface area contributed by atoms with Crippen LogP contribution in [-0.4, -0.2) is 14.6 Å². The van der Waals surface area contributed by atoms with E-state index in [1.165, 1.54) is 0 Å². The minimum atomic E-state index is 0.866. The van der Waals surface area contributed by atoms with E-state index in [2.05, 4.69) is 16.7 Å². The maximum absolute atomic E-state index is 4.20. The smallest absolute Gasteiger partial charge is 0.162 e. The molecule has 0 radical (unpaired) electrons. The van der Waals surface area contributed by atoms with Gasteiger partial charge in [-0.3, -0.25) is 0 Å².